The minimum Gasteiger partial charge on any atom is -0.508 e. The Morgan fingerprint density at radius 3 is 2.61 bits per heavy atom. The summed E-state index contributed by atoms with van der Waals surface area (Å²) in [6.45, 7) is 0. The van der Waals surface area contributed by atoms with Crippen LogP contribution in [-0.2, 0) is 11.2 Å². The summed E-state index contributed by atoms with van der Waals surface area (Å²) in [6.07, 6.45) is 0.245. The third-order valence-corrected chi connectivity index (χ3v) is 2.73. The Labute approximate surface area is 113 Å². The molecule has 0 aliphatic carbocycles. The molecule has 0 aliphatic rings. The summed E-state index contributed by atoms with van der Waals surface area (Å²) in [4.78, 5) is 15.9. The molecule has 5 heteroatoms. The van der Waals surface area contributed by atoms with Crippen molar-refractivity contribution in [1.82, 2.24) is 4.98 Å². The largest absolute Gasteiger partial charge is 0.508 e. The van der Waals surface area contributed by atoms with Crippen molar-refractivity contribution in [3.8, 4) is 5.75 Å². The first kappa shape index (κ1) is 12.6. The molecule has 92 valence electrons. The molecule has 0 bridgehead atoms. The zero-order valence-electron chi connectivity index (χ0n) is 9.43. The van der Waals surface area contributed by atoms with Crippen LogP contribution in [0.3, 0.4) is 0 Å². The van der Waals surface area contributed by atoms with E-state index in [1.165, 1.54) is 0 Å². The average molecular weight is 307 g/mol. The molecule has 0 atom stereocenters. The zero-order chi connectivity index (χ0) is 13.0. The summed E-state index contributed by atoms with van der Waals surface area (Å²) in [5.74, 6) is 0.548. The molecule has 18 heavy (non-hydrogen) atoms. The predicted molar refractivity (Wildman–Crippen MR) is 72.4 cm³/mol. The fourth-order valence-electron chi connectivity index (χ4n) is 1.46. The lowest BCUT2D eigenvalue weighted by Gasteiger charge is -2.04. The molecule has 1 amide bonds. The Kier molecular flexibility index (Phi) is 3.94. The van der Waals surface area contributed by atoms with Gasteiger partial charge in [-0.3, -0.25) is 4.79 Å². The van der Waals surface area contributed by atoms with E-state index < -0.39 is 0 Å². The molecule has 1 heterocycles. The van der Waals surface area contributed by atoms with Crippen molar-refractivity contribution in [3.63, 3.8) is 0 Å². The van der Waals surface area contributed by atoms with Crippen LogP contribution in [0.25, 0.3) is 0 Å². The number of amides is 1. The Morgan fingerprint density at radius 2 is 1.94 bits per heavy atom. The van der Waals surface area contributed by atoms with Crippen molar-refractivity contribution >= 4 is 27.7 Å². The van der Waals surface area contributed by atoms with Gasteiger partial charge >= 0.3 is 0 Å². The Bertz CT molecular complexity index is 555. The molecule has 0 saturated carbocycles. The topological polar surface area (TPSA) is 62.2 Å². The van der Waals surface area contributed by atoms with Crippen molar-refractivity contribution < 1.29 is 9.90 Å². The molecular formula is C13H11BrN2O2. The number of phenols is 1. The van der Waals surface area contributed by atoms with Gasteiger partial charge in [0, 0.05) is 0 Å². The van der Waals surface area contributed by atoms with E-state index in [2.05, 4.69) is 26.2 Å². The van der Waals surface area contributed by atoms with E-state index in [1.807, 2.05) is 0 Å². The first-order chi connectivity index (χ1) is 8.63. The fraction of sp³-hybridized carbons (Fsp3) is 0.0769. The van der Waals surface area contributed by atoms with Crippen molar-refractivity contribution in [2.75, 3.05) is 5.32 Å². The van der Waals surface area contributed by atoms with E-state index in [0.29, 0.717) is 10.4 Å². The number of carbonyl (C=O) groups is 1. The second kappa shape index (κ2) is 5.64. The van der Waals surface area contributed by atoms with Crippen LogP contribution in [-0.4, -0.2) is 16.0 Å². The van der Waals surface area contributed by atoms with Gasteiger partial charge in [0.1, 0.15) is 16.2 Å². The minimum absolute atomic E-state index is 0.147. The van der Waals surface area contributed by atoms with Crippen LogP contribution in [0.1, 0.15) is 5.56 Å². The molecule has 4 nitrogen and oxygen atoms in total. The van der Waals surface area contributed by atoms with E-state index >= 15 is 0 Å². The highest BCUT2D eigenvalue weighted by atomic mass is 79.9. The number of phenolic OH excluding ortho intramolecular Hbond substituents is 1. The molecular weight excluding hydrogens is 296 g/mol. The third-order valence-electron chi connectivity index (χ3n) is 2.28. The first-order valence-corrected chi connectivity index (χ1v) is 6.13. The second-order valence-corrected chi connectivity index (χ2v) is 4.55. The monoisotopic (exact) mass is 306 g/mol. The number of anilines is 1. The maximum Gasteiger partial charge on any atom is 0.229 e. The van der Waals surface area contributed by atoms with Crippen molar-refractivity contribution in [2.45, 2.75) is 6.42 Å². The summed E-state index contributed by atoms with van der Waals surface area (Å²) in [7, 11) is 0. The first-order valence-electron chi connectivity index (χ1n) is 5.34. The van der Waals surface area contributed by atoms with Crippen molar-refractivity contribution in [2.24, 2.45) is 0 Å². The summed E-state index contributed by atoms with van der Waals surface area (Å²) < 4.78 is 0.671. The average Bonchev–Trinajstić information content (AvgIpc) is 2.32. The van der Waals surface area contributed by atoms with Gasteiger partial charge in [0.15, 0.2) is 0 Å². The van der Waals surface area contributed by atoms with Gasteiger partial charge in [-0.25, -0.2) is 4.98 Å². The van der Waals surface area contributed by atoms with Crippen LogP contribution >= 0.6 is 15.9 Å². The molecule has 2 rings (SSSR count). The quantitative estimate of drug-likeness (QED) is 0.857. The van der Waals surface area contributed by atoms with E-state index in [-0.39, 0.29) is 18.1 Å². The molecule has 0 aliphatic heterocycles. The van der Waals surface area contributed by atoms with Gasteiger partial charge in [-0.05, 0) is 45.8 Å². The SMILES string of the molecule is O=C(Cc1ccc(O)cc1)Nc1cccc(Br)n1. The highest BCUT2D eigenvalue weighted by molar-refractivity contribution is 9.10. The summed E-state index contributed by atoms with van der Waals surface area (Å²) in [6, 6.07) is 11.8. The molecule has 0 unspecified atom stereocenters. The van der Waals surface area contributed by atoms with Gasteiger partial charge in [0.2, 0.25) is 5.91 Å². The molecule has 0 radical (unpaired) electrons. The van der Waals surface area contributed by atoms with Gasteiger partial charge in [0.25, 0.3) is 0 Å². The summed E-state index contributed by atoms with van der Waals surface area (Å²) in [5, 5.41) is 11.8. The number of carbonyl (C=O) groups excluding carboxylic acids is 1. The lowest BCUT2D eigenvalue weighted by molar-refractivity contribution is -0.115. The van der Waals surface area contributed by atoms with Gasteiger partial charge in [-0.1, -0.05) is 18.2 Å². The Hall–Kier alpha value is -1.88. The third kappa shape index (κ3) is 3.56. The van der Waals surface area contributed by atoms with Crippen molar-refractivity contribution in [3.05, 3.63) is 52.6 Å². The highest BCUT2D eigenvalue weighted by Crippen LogP contribution is 2.12. The number of nitrogens with zero attached hydrogens (tertiary/aromatic N) is 1. The predicted octanol–water partition coefficient (Wildman–Crippen LogP) is 2.73. The Balaban J connectivity index is 1.98. The smallest absolute Gasteiger partial charge is 0.229 e. The number of aromatic nitrogens is 1. The van der Waals surface area contributed by atoms with Gasteiger partial charge in [0.05, 0.1) is 6.42 Å². The lowest BCUT2D eigenvalue weighted by atomic mass is 10.1. The van der Waals surface area contributed by atoms with Crippen LogP contribution in [0.5, 0.6) is 5.75 Å². The minimum atomic E-state index is -0.147. The number of pyridine rings is 1. The summed E-state index contributed by atoms with van der Waals surface area (Å²) >= 11 is 3.24. The van der Waals surface area contributed by atoms with Crippen LogP contribution in [0, 0.1) is 0 Å². The molecule has 0 spiro atoms. The van der Waals surface area contributed by atoms with Crippen LogP contribution in [0.15, 0.2) is 47.1 Å². The molecule has 2 aromatic rings. The number of halogens is 1. The fourth-order valence-corrected chi connectivity index (χ4v) is 1.81. The van der Waals surface area contributed by atoms with E-state index in [1.54, 1.807) is 42.5 Å². The Morgan fingerprint density at radius 1 is 1.22 bits per heavy atom. The van der Waals surface area contributed by atoms with Gasteiger partial charge < -0.3 is 10.4 Å². The molecule has 0 saturated heterocycles. The number of nitrogens with one attached hydrogen (secondary N) is 1. The maximum atomic E-state index is 11.7. The van der Waals surface area contributed by atoms with Gasteiger partial charge in [-0.15, -0.1) is 0 Å². The number of hydrogen-bond acceptors (Lipinski definition) is 3. The molecule has 2 N–H and O–H groups in total. The number of hydrogen-bond donors (Lipinski definition) is 2. The summed E-state index contributed by atoms with van der Waals surface area (Å²) in [5.41, 5.74) is 0.834. The van der Waals surface area contributed by atoms with Gasteiger partial charge in [-0.2, -0.15) is 0 Å². The zero-order valence-corrected chi connectivity index (χ0v) is 11.0. The lowest BCUT2D eigenvalue weighted by Crippen LogP contribution is -2.15. The standard InChI is InChI=1S/C13H11BrN2O2/c14-11-2-1-3-12(15-11)16-13(18)8-9-4-6-10(17)7-5-9/h1-7,17H,8H2,(H,15,16,18). The van der Waals surface area contributed by atoms with E-state index in [0.717, 1.165) is 5.56 Å². The second-order valence-electron chi connectivity index (χ2n) is 3.74. The van der Waals surface area contributed by atoms with Crippen LogP contribution in [0.2, 0.25) is 0 Å². The number of aromatic hydroxyl groups is 1. The van der Waals surface area contributed by atoms with E-state index in [9.17, 15) is 4.79 Å². The van der Waals surface area contributed by atoms with Crippen LogP contribution in [0.4, 0.5) is 5.82 Å². The molecule has 1 aromatic heterocycles. The maximum absolute atomic E-state index is 11.7. The van der Waals surface area contributed by atoms with E-state index in [4.69, 9.17) is 5.11 Å². The molecule has 0 fully saturated rings. The highest BCUT2D eigenvalue weighted by Gasteiger charge is 2.05. The normalized spacial score (nSPS) is 10.1. The van der Waals surface area contributed by atoms with Crippen LogP contribution < -0.4 is 5.32 Å². The molecule has 1 aromatic carbocycles. The number of rotatable bonds is 3. The van der Waals surface area contributed by atoms with Crippen molar-refractivity contribution in [1.29, 1.82) is 0 Å². The number of benzene rings is 1.